The number of anilines is 1. The van der Waals surface area contributed by atoms with Crippen LogP contribution in [0.4, 0.5) is 5.69 Å². The summed E-state index contributed by atoms with van der Waals surface area (Å²) in [6.45, 7) is 4.39. The number of benzene rings is 1. The summed E-state index contributed by atoms with van der Waals surface area (Å²) in [7, 11) is 2.17. The van der Waals surface area contributed by atoms with Crippen molar-refractivity contribution in [3.8, 4) is 0 Å². The Morgan fingerprint density at radius 2 is 1.94 bits per heavy atom. The predicted octanol–water partition coefficient (Wildman–Crippen LogP) is 1.44. The molecular weight excluding hydrogens is 220 g/mol. The fraction of sp³-hybridized carbons (Fsp3) is 0.455. The zero-order valence-corrected chi connectivity index (χ0v) is 10.1. The molecule has 4 nitrogen and oxygen atoms in total. The number of piperazine rings is 1. The van der Waals surface area contributed by atoms with Crippen molar-refractivity contribution in [1.29, 1.82) is 0 Å². The SMILES string of the molecule is CN1CCN(c2cccc3nsnc23)CC1. The van der Waals surface area contributed by atoms with Crippen LogP contribution in [0.25, 0.3) is 11.0 Å². The highest BCUT2D eigenvalue weighted by Crippen LogP contribution is 2.25. The lowest BCUT2D eigenvalue weighted by Crippen LogP contribution is -2.44. The van der Waals surface area contributed by atoms with E-state index in [0.29, 0.717) is 0 Å². The van der Waals surface area contributed by atoms with E-state index in [1.54, 1.807) is 0 Å². The molecule has 1 saturated heterocycles. The van der Waals surface area contributed by atoms with E-state index in [-0.39, 0.29) is 0 Å². The number of fused-ring (bicyclic) bond motifs is 1. The van der Waals surface area contributed by atoms with Crippen LogP contribution in [0.5, 0.6) is 0 Å². The summed E-state index contributed by atoms with van der Waals surface area (Å²) in [5.41, 5.74) is 3.30. The Kier molecular flexibility index (Phi) is 2.49. The van der Waals surface area contributed by atoms with Gasteiger partial charge in [-0.05, 0) is 19.2 Å². The molecule has 1 aromatic carbocycles. The van der Waals surface area contributed by atoms with Crippen LogP contribution in [0.15, 0.2) is 18.2 Å². The number of likely N-dealkylation sites (N-methyl/N-ethyl adjacent to an activating group) is 1. The summed E-state index contributed by atoms with van der Waals surface area (Å²) in [5.74, 6) is 0. The van der Waals surface area contributed by atoms with Crippen molar-refractivity contribution < 1.29 is 0 Å². The summed E-state index contributed by atoms with van der Waals surface area (Å²) >= 11 is 1.29. The van der Waals surface area contributed by atoms with Crippen LogP contribution < -0.4 is 4.90 Å². The number of aromatic nitrogens is 2. The first-order valence-electron chi connectivity index (χ1n) is 5.49. The minimum absolute atomic E-state index is 1.02. The van der Waals surface area contributed by atoms with Crippen LogP contribution >= 0.6 is 11.7 Å². The average Bonchev–Trinajstić information content (AvgIpc) is 2.78. The van der Waals surface area contributed by atoms with Gasteiger partial charge >= 0.3 is 0 Å². The highest BCUT2D eigenvalue weighted by Gasteiger charge is 2.17. The highest BCUT2D eigenvalue weighted by molar-refractivity contribution is 7.00. The topological polar surface area (TPSA) is 32.3 Å². The smallest absolute Gasteiger partial charge is 0.128 e. The van der Waals surface area contributed by atoms with E-state index in [1.165, 1.54) is 17.4 Å². The lowest BCUT2D eigenvalue weighted by atomic mass is 10.2. The maximum atomic E-state index is 4.39. The summed E-state index contributed by atoms with van der Waals surface area (Å²) in [5, 5.41) is 0. The molecular formula is C11H14N4S. The Hall–Kier alpha value is -1.20. The van der Waals surface area contributed by atoms with E-state index < -0.39 is 0 Å². The maximum Gasteiger partial charge on any atom is 0.128 e. The van der Waals surface area contributed by atoms with Gasteiger partial charge in [-0.15, -0.1) is 0 Å². The van der Waals surface area contributed by atoms with Gasteiger partial charge < -0.3 is 9.80 Å². The van der Waals surface area contributed by atoms with Gasteiger partial charge in [0.1, 0.15) is 11.0 Å². The normalized spacial score (nSPS) is 18.2. The molecule has 0 spiro atoms. The molecule has 1 aliphatic rings. The van der Waals surface area contributed by atoms with Gasteiger partial charge in [0.05, 0.1) is 17.4 Å². The van der Waals surface area contributed by atoms with Crippen LogP contribution in [0, 0.1) is 0 Å². The standard InChI is InChI=1S/C11H14N4S/c1-14-5-7-15(8-6-14)10-4-2-3-9-11(10)13-16-12-9/h2-4H,5-8H2,1H3. The van der Waals surface area contributed by atoms with Crippen LogP contribution in [-0.2, 0) is 0 Å². The van der Waals surface area contributed by atoms with Crippen LogP contribution in [-0.4, -0.2) is 46.9 Å². The van der Waals surface area contributed by atoms with Crippen LogP contribution in [0.1, 0.15) is 0 Å². The monoisotopic (exact) mass is 234 g/mol. The first kappa shape index (κ1) is 9.99. The van der Waals surface area contributed by atoms with Gasteiger partial charge in [0.2, 0.25) is 0 Å². The molecule has 16 heavy (non-hydrogen) atoms. The molecule has 0 bridgehead atoms. The Labute approximate surface area is 98.8 Å². The molecule has 0 N–H and O–H groups in total. The third-order valence-corrected chi connectivity index (χ3v) is 3.65. The van der Waals surface area contributed by atoms with Crippen LogP contribution in [0.2, 0.25) is 0 Å². The van der Waals surface area contributed by atoms with Crippen LogP contribution in [0.3, 0.4) is 0 Å². The fourth-order valence-corrected chi connectivity index (χ4v) is 2.64. The predicted molar refractivity (Wildman–Crippen MR) is 67.1 cm³/mol. The Bertz CT molecular complexity index is 487. The maximum absolute atomic E-state index is 4.39. The zero-order chi connectivity index (χ0) is 11.0. The Morgan fingerprint density at radius 3 is 2.75 bits per heavy atom. The minimum Gasteiger partial charge on any atom is -0.367 e. The van der Waals surface area contributed by atoms with E-state index in [9.17, 15) is 0 Å². The van der Waals surface area contributed by atoms with Crippen molar-refractivity contribution in [2.45, 2.75) is 0 Å². The van der Waals surface area contributed by atoms with Gasteiger partial charge in [-0.1, -0.05) is 6.07 Å². The molecule has 0 amide bonds. The van der Waals surface area contributed by atoms with Gasteiger partial charge in [-0.3, -0.25) is 0 Å². The van der Waals surface area contributed by atoms with E-state index in [1.807, 2.05) is 6.07 Å². The molecule has 84 valence electrons. The third-order valence-electron chi connectivity index (χ3n) is 3.11. The van der Waals surface area contributed by atoms with Gasteiger partial charge in [-0.2, -0.15) is 8.75 Å². The molecule has 1 aromatic heterocycles. The second-order valence-corrected chi connectivity index (χ2v) is 4.73. The van der Waals surface area contributed by atoms with Crippen molar-refractivity contribution in [2.75, 3.05) is 38.1 Å². The van der Waals surface area contributed by atoms with E-state index in [4.69, 9.17) is 0 Å². The first-order valence-corrected chi connectivity index (χ1v) is 6.22. The summed E-state index contributed by atoms with van der Waals surface area (Å²) < 4.78 is 8.67. The molecule has 3 rings (SSSR count). The van der Waals surface area contributed by atoms with E-state index >= 15 is 0 Å². The summed E-state index contributed by atoms with van der Waals surface area (Å²) in [6, 6.07) is 6.24. The zero-order valence-electron chi connectivity index (χ0n) is 9.26. The van der Waals surface area contributed by atoms with Gasteiger partial charge in [-0.25, -0.2) is 0 Å². The molecule has 0 saturated carbocycles. The number of hydrogen-bond acceptors (Lipinski definition) is 5. The molecule has 1 aliphatic heterocycles. The van der Waals surface area contributed by atoms with Gasteiger partial charge in [0.15, 0.2) is 0 Å². The highest BCUT2D eigenvalue weighted by atomic mass is 32.1. The van der Waals surface area contributed by atoms with E-state index in [0.717, 1.165) is 37.2 Å². The Balaban J connectivity index is 1.96. The summed E-state index contributed by atoms with van der Waals surface area (Å²) in [4.78, 5) is 4.76. The largest absolute Gasteiger partial charge is 0.367 e. The Morgan fingerprint density at radius 1 is 1.12 bits per heavy atom. The molecule has 2 aromatic rings. The van der Waals surface area contributed by atoms with Gasteiger partial charge in [0, 0.05) is 26.2 Å². The second-order valence-electron chi connectivity index (χ2n) is 4.20. The fourth-order valence-electron chi connectivity index (χ4n) is 2.09. The molecule has 0 radical (unpaired) electrons. The van der Waals surface area contributed by atoms with Crippen molar-refractivity contribution >= 4 is 28.4 Å². The van der Waals surface area contributed by atoms with Crippen molar-refractivity contribution in [3.05, 3.63) is 18.2 Å². The molecule has 1 fully saturated rings. The van der Waals surface area contributed by atoms with Crippen molar-refractivity contribution in [2.24, 2.45) is 0 Å². The minimum atomic E-state index is 1.02. The molecule has 5 heteroatoms. The molecule has 0 aliphatic carbocycles. The lowest BCUT2D eigenvalue weighted by Gasteiger charge is -2.34. The average molecular weight is 234 g/mol. The first-order chi connectivity index (χ1) is 7.84. The summed E-state index contributed by atoms with van der Waals surface area (Å²) in [6.07, 6.45) is 0. The number of rotatable bonds is 1. The number of nitrogens with zero attached hydrogens (tertiary/aromatic N) is 4. The van der Waals surface area contributed by atoms with E-state index in [2.05, 4.69) is 37.7 Å². The van der Waals surface area contributed by atoms with Crippen molar-refractivity contribution in [3.63, 3.8) is 0 Å². The molecule has 2 heterocycles. The van der Waals surface area contributed by atoms with Crippen molar-refractivity contribution in [1.82, 2.24) is 13.6 Å². The second kappa shape index (κ2) is 3.99. The lowest BCUT2D eigenvalue weighted by molar-refractivity contribution is 0.313. The van der Waals surface area contributed by atoms with Gasteiger partial charge in [0.25, 0.3) is 0 Å². The quantitative estimate of drug-likeness (QED) is 0.747. The molecule has 0 atom stereocenters. The number of hydrogen-bond donors (Lipinski definition) is 0. The molecule has 0 unspecified atom stereocenters. The third kappa shape index (κ3) is 1.66.